The number of fused-ring (bicyclic) bond motifs is 1. The van der Waals surface area contributed by atoms with Gasteiger partial charge < -0.3 is 9.72 Å². The zero-order valence-electron chi connectivity index (χ0n) is 8.08. The zero-order chi connectivity index (χ0) is 10.8. The summed E-state index contributed by atoms with van der Waals surface area (Å²) >= 11 is 3.25. The Labute approximate surface area is 94.4 Å². The minimum Gasteiger partial charge on any atom is -0.494 e. The number of ether oxygens (including phenoxy) is 1. The van der Waals surface area contributed by atoms with Crippen LogP contribution in [0.4, 0.5) is 0 Å². The lowest BCUT2D eigenvalue weighted by Crippen LogP contribution is -2.11. The number of hydrogen-bond acceptors (Lipinski definition) is 3. The number of alkyl halides is 1. The highest BCUT2D eigenvalue weighted by Gasteiger charge is 2.07. The van der Waals surface area contributed by atoms with E-state index >= 15 is 0 Å². The summed E-state index contributed by atoms with van der Waals surface area (Å²) in [5.74, 6) is 1.21. The van der Waals surface area contributed by atoms with E-state index in [1.807, 2.05) is 0 Å². The molecular formula is C10H9BrN2O2. The van der Waals surface area contributed by atoms with Gasteiger partial charge in [-0.1, -0.05) is 22.0 Å². The summed E-state index contributed by atoms with van der Waals surface area (Å²) in [4.78, 5) is 18.6. The molecule has 0 atom stereocenters. The number of benzene rings is 1. The second-order valence-corrected chi connectivity index (χ2v) is 3.56. The molecule has 0 bridgehead atoms. The first kappa shape index (κ1) is 10.2. The minimum atomic E-state index is -0.145. The van der Waals surface area contributed by atoms with Crippen molar-refractivity contribution in [1.82, 2.24) is 9.97 Å². The first-order chi connectivity index (χ1) is 7.26. The predicted octanol–water partition coefficient (Wildman–Crippen LogP) is 1.83. The highest BCUT2D eigenvalue weighted by Crippen LogP contribution is 2.20. The molecule has 0 aliphatic heterocycles. The lowest BCUT2D eigenvalue weighted by molar-refractivity contribution is 0.418. The summed E-state index contributed by atoms with van der Waals surface area (Å²) in [6, 6.07) is 5.28. The number of rotatable bonds is 2. The molecule has 0 aliphatic rings. The van der Waals surface area contributed by atoms with Gasteiger partial charge in [0, 0.05) is 0 Å². The Hall–Kier alpha value is -1.36. The van der Waals surface area contributed by atoms with Gasteiger partial charge in [-0.25, -0.2) is 4.98 Å². The average molecular weight is 269 g/mol. The number of nitrogens with one attached hydrogen (secondary N) is 1. The summed E-state index contributed by atoms with van der Waals surface area (Å²) in [6.07, 6.45) is 0. The Morgan fingerprint density at radius 2 is 2.33 bits per heavy atom. The molecule has 15 heavy (non-hydrogen) atoms. The van der Waals surface area contributed by atoms with Crippen LogP contribution >= 0.6 is 15.9 Å². The molecule has 78 valence electrons. The van der Waals surface area contributed by atoms with Gasteiger partial charge in [-0.3, -0.25) is 4.79 Å². The van der Waals surface area contributed by atoms with Crippen molar-refractivity contribution in [3.05, 3.63) is 34.4 Å². The van der Waals surface area contributed by atoms with Gasteiger partial charge in [0.15, 0.2) is 0 Å². The summed E-state index contributed by atoms with van der Waals surface area (Å²) in [5, 5.41) is 1.05. The van der Waals surface area contributed by atoms with E-state index in [1.165, 1.54) is 0 Å². The molecule has 0 unspecified atom stereocenters. The first-order valence-corrected chi connectivity index (χ1v) is 5.50. The molecule has 0 aliphatic carbocycles. The molecule has 0 radical (unpaired) electrons. The molecule has 1 heterocycles. The number of nitrogens with zero attached hydrogens (tertiary/aromatic N) is 1. The quantitative estimate of drug-likeness (QED) is 0.846. The molecule has 0 fully saturated rings. The normalized spacial score (nSPS) is 10.5. The molecule has 2 aromatic rings. The van der Waals surface area contributed by atoms with Crippen LogP contribution in [0.1, 0.15) is 5.82 Å². The van der Waals surface area contributed by atoms with Crippen molar-refractivity contribution in [3.63, 3.8) is 0 Å². The summed E-state index contributed by atoms with van der Waals surface area (Å²) < 4.78 is 5.15. The van der Waals surface area contributed by atoms with Crippen LogP contribution in [-0.2, 0) is 5.33 Å². The molecule has 4 nitrogen and oxygen atoms in total. The fourth-order valence-electron chi connectivity index (χ4n) is 1.41. The van der Waals surface area contributed by atoms with E-state index in [2.05, 4.69) is 25.9 Å². The number of hydrogen-bond donors (Lipinski definition) is 1. The van der Waals surface area contributed by atoms with E-state index in [4.69, 9.17) is 4.74 Å². The third kappa shape index (κ3) is 1.74. The Morgan fingerprint density at radius 3 is 3.00 bits per heavy atom. The second-order valence-electron chi connectivity index (χ2n) is 3.00. The Balaban J connectivity index is 2.85. The van der Waals surface area contributed by atoms with Crippen molar-refractivity contribution in [2.75, 3.05) is 7.11 Å². The van der Waals surface area contributed by atoms with Gasteiger partial charge in [-0.2, -0.15) is 0 Å². The van der Waals surface area contributed by atoms with E-state index in [1.54, 1.807) is 25.3 Å². The van der Waals surface area contributed by atoms with Crippen molar-refractivity contribution in [2.24, 2.45) is 0 Å². The number of aromatic amines is 1. The topological polar surface area (TPSA) is 55.0 Å². The highest BCUT2D eigenvalue weighted by atomic mass is 79.9. The standard InChI is InChI=1S/C10H9BrN2O2/c1-15-7-4-2-3-6-9(7)12-8(5-11)13-10(6)14/h2-4H,5H2,1H3,(H,12,13,14). The third-order valence-corrected chi connectivity index (χ3v) is 2.63. The van der Waals surface area contributed by atoms with Crippen LogP contribution in [0.15, 0.2) is 23.0 Å². The largest absolute Gasteiger partial charge is 0.494 e. The van der Waals surface area contributed by atoms with Crippen LogP contribution in [0.5, 0.6) is 5.75 Å². The smallest absolute Gasteiger partial charge is 0.258 e. The molecule has 1 aromatic carbocycles. The van der Waals surface area contributed by atoms with Crippen molar-refractivity contribution >= 4 is 26.8 Å². The Kier molecular flexibility index (Phi) is 2.73. The molecule has 5 heteroatoms. The van der Waals surface area contributed by atoms with Crippen LogP contribution in [0.25, 0.3) is 10.9 Å². The molecule has 1 N–H and O–H groups in total. The molecular weight excluding hydrogens is 260 g/mol. The maximum absolute atomic E-state index is 11.7. The first-order valence-electron chi connectivity index (χ1n) is 4.38. The lowest BCUT2D eigenvalue weighted by Gasteiger charge is -2.04. The fourth-order valence-corrected chi connectivity index (χ4v) is 1.68. The summed E-state index contributed by atoms with van der Waals surface area (Å²) in [5.41, 5.74) is 0.451. The number of H-pyrrole nitrogens is 1. The maximum atomic E-state index is 11.7. The van der Waals surface area contributed by atoms with Crippen molar-refractivity contribution in [1.29, 1.82) is 0 Å². The molecule has 0 saturated carbocycles. The number of aromatic nitrogens is 2. The fraction of sp³-hybridized carbons (Fsp3) is 0.200. The second kappa shape index (κ2) is 4.02. The molecule has 0 saturated heterocycles. The summed E-state index contributed by atoms with van der Waals surface area (Å²) in [6.45, 7) is 0. The van der Waals surface area contributed by atoms with Gasteiger partial charge in [-0.15, -0.1) is 0 Å². The van der Waals surface area contributed by atoms with Crippen molar-refractivity contribution in [3.8, 4) is 5.75 Å². The number of methoxy groups -OCH3 is 1. The molecule has 0 spiro atoms. The molecule has 2 rings (SSSR count). The van der Waals surface area contributed by atoms with Gasteiger partial charge in [0.05, 0.1) is 17.8 Å². The van der Waals surface area contributed by atoms with Crippen LogP contribution in [-0.4, -0.2) is 17.1 Å². The van der Waals surface area contributed by atoms with E-state index in [9.17, 15) is 4.79 Å². The number of halogens is 1. The van der Waals surface area contributed by atoms with E-state index in [0.29, 0.717) is 27.8 Å². The van der Waals surface area contributed by atoms with E-state index in [0.717, 1.165) is 0 Å². The van der Waals surface area contributed by atoms with Gasteiger partial charge in [-0.05, 0) is 12.1 Å². The van der Waals surface area contributed by atoms with Crippen LogP contribution in [0, 0.1) is 0 Å². The molecule has 0 amide bonds. The van der Waals surface area contributed by atoms with Gasteiger partial charge in [0.1, 0.15) is 17.1 Å². The molecule has 1 aromatic heterocycles. The van der Waals surface area contributed by atoms with Gasteiger partial charge in [0.25, 0.3) is 5.56 Å². The van der Waals surface area contributed by atoms with Crippen LogP contribution < -0.4 is 10.3 Å². The zero-order valence-corrected chi connectivity index (χ0v) is 9.67. The third-order valence-electron chi connectivity index (χ3n) is 2.09. The lowest BCUT2D eigenvalue weighted by atomic mass is 10.2. The van der Waals surface area contributed by atoms with E-state index in [-0.39, 0.29) is 5.56 Å². The van der Waals surface area contributed by atoms with Crippen molar-refractivity contribution in [2.45, 2.75) is 5.33 Å². The highest BCUT2D eigenvalue weighted by molar-refractivity contribution is 9.08. The van der Waals surface area contributed by atoms with Gasteiger partial charge >= 0.3 is 0 Å². The van der Waals surface area contributed by atoms with E-state index < -0.39 is 0 Å². The number of para-hydroxylation sites is 1. The van der Waals surface area contributed by atoms with Crippen LogP contribution in [0.2, 0.25) is 0 Å². The Bertz CT molecular complexity index is 551. The van der Waals surface area contributed by atoms with Crippen molar-refractivity contribution < 1.29 is 4.74 Å². The van der Waals surface area contributed by atoms with Crippen LogP contribution in [0.3, 0.4) is 0 Å². The van der Waals surface area contributed by atoms with Gasteiger partial charge in [0.2, 0.25) is 0 Å². The average Bonchev–Trinajstić information content (AvgIpc) is 2.28. The predicted molar refractivity (Wildman–Crippen MR) is 61.5 cm³/mol. The Morgan fingerprint density at radius 1 is 1.53 bits per heavy atom. The SMILES string of the molecule is COc1cccc2c(=O)[nH]c(CBr)nc12. The summed E-state index contributed by atoms with van der Waals surface area (Å²) in [7, 11) is 1.56. The maximum Gasteiger partial charge on any atom is 0.258 e. The minimum absolute atomic E-state index is 0.145. The monoisotopic (exact) mass is 268 g/mol.